The standard InChI is InChI=1S/C30H33FN4O8/c1-16-9-19-21(34-16)6-7-24(28(19)31)43-29-20-12-25(41-2)26(13-22(20)32-15-33-29)42-14-18(37)10-17(36)11-27(38)35-8-4-3-5-23(35)30(39)40/h6-7,9,12-13,15,17-18,23,34,36-37H,3-5,8,10-11,14H2,1-2H3,(H,39,40). The number of aromatic nitrogens is 3. The van der Waals surface area contributed by atoms with Gasteiger partial charge in [-0.3, -0.25) is 4.79 Å². The molecule has 2 aromatic heterocycles. The molecule has 0 bridgehead atoms. The number of halogens is 1. The number of likely N-dealkylation sites (tertiary alicyclic amines) is 1. The van der Waals surface area contributed by atoms with Crippen molar-refractivity contribution in [3.63, 3.8) is 0 Å². The van der Waals surface area contributed by atoms with Gasteiger partial charge in [-0.2, -0.15) is 0 Å². The van der Waals surface area contributed by atoms with Gasteiger partial charge < -0.3 is 39.4 Å². The highest BCUT2D eigenvalue weighted by Gasteiger charge is 2.33. The summed E-state index contributed by atoms with van der Waals surface area (Å²) < 4.78 is 32.2. The molecule has 0 saturated carbocycles. The largest absolute Gasteiger partial charge is 0.493 e. The van der Waals surface area contributed by atoms with E-state index < -0.39 is 35.9 Å². The van der Waals surface area contributed by atoms with Crippen LogP contribution in [-0.4, -0.2) is 85.6 Å². The summed E-state index contributed by atoms with van der Waals surface area (Å²) in [7, 11) is 1.43. The number of hydrogen-bond donors (Lipinski definition) is 4. The minimum Gasteiger partial charge on any atom is -0.493 e. The van der Waals surface area contributed by atoms with Gasteiger partial charge >= 0.3 is 5.97 Å². The fourth-order valence-electron chi connectivity index (χ4n) is 5.32. The van der Waals surface area contributed by atoms with Crippen molar-refractivity contribution in [2.75, 3.05) is 20.3 Å². The van der Waals surface area contributed by atoms with Gasteiger partial charge in [-0.05, 0) is 50.5 Å². The number of aliphatic carboxylic acids is 1. The number of carboxylic acid groups (broad SMARTS) is 1. The lowest BCUT2D eigenvalue weighted by Crippen LogP contribution is -2.48. The van der Waals surface area contributed by atoms with E-state index >= 15 is 4.39 Å². The first kappa shape index (κ1) is 30.0. The number of benzene rings is 2. The number of aromatic amines is 1. The summed E-state index contributed by atoms with van der Waals surface area (Å²) in [5.74, 6) is -1.45. The van der Waals surface area contributed by atoms with E-state index in [1.807, 2.05) is 6.92 Å². The van der Waals surface area contributed by atoms with Gasteiger partial charge in [0.05, 0.1) is 36.6 Å². The number of aliphatic hydroxyl groups excluding tert-OH is 2. The molecule has 3 unspecified atom stereocenters. The normalized spacial score (nSPS) is 16.7. The summed E-state index contributed by atoms with van der Waals surface area (Å²) in [6, 6.07) is 7.16. The first-order valence-electron chi connectivity index (χ1n) is 13.9. The number of aryl methyl sites for hydroxylation is 1. The number of hydrogen-bond acceptors (Lipinski definition) is 9. The monoisotopic (exact) mass is 596 g/mol. The highest BCUT2D eigenvalue weighted by molar-refractivity contribution is 5.88. The number of fused-ring (bicyclic) bond motifs is 2. The number of piperidine rings is 1. The third kappa shape index (κ3) is 6.62. The minimum atomic E-state index is -1.19. The van der Waals surface area contributed by atoms with Crippen LogP contribution in [0.1, 0.15) is 37.8 Å². The zero-order valence-electron chi connectivity index (χ0n) is 23.7. The quantitative estimate of drug-likeness (QED) is 0.200. The molecule has 0 aliphatic carbocycles. The summed E-state index contributed by atoms with van der Waals surface area (Å²) in [6.07, 6.45) is 0.266. The van der Waals surface area contributed by atoms with Crippen LogP contribution in [0.5, 0.6) is 23.1 Å². The van der Waals surface area contributed by atoms with Crippen LogP contribution in [0.25, 0.3) is 21.8 Å². The molecule has 2 aromatic carbocycles. The van der Waals surface area contributed by atoms with Crippen molar-refractivity contribution in [2.24, 2.45) is 0 Å². The zero-order chi connectivity index (χ0) is 30.7. The number of H-pyrrole nitrogens is 1. The molecule has 3 atom stereocenters. The molecule has 1 saturated heterocycles. The number of carbonyl (C=O) groups excluding carboxylic acids is 1. The predicted molar refractivity (Wildman–Crippen MR) is 153 cm³/mol. The van der Waals surface area contributed by atoms with E-state index in [9.17, 15) is 24.9 Å². The van der Waals surface area contributed by atoms with Gasteiger partial charge in [0.1, 0.15) is 19.0 Å². The van der Waals surface area contributed by atoms with Crippen LogP contribution in [-0.2, 0) is 9.59 Å². The number of rotatable bonds is 11. The van der Waals surface area contributed by atoms with E-state index in [0.717, 1.165) is 12.1 Å². The van der Waals surface area contributed by atoms with Crippen LogP contribution < -0.4 is 14.2 Å². The average molecular weight is 597 g/mol. The zero-order valence-corrected chi connectivity index (χ0v) is 23.7. The molecule has 0 radical (unpaired) electrons. The van der Waals surface area contributed by atoms with E-state index in [1.54, 1.807) is 24.3 Å². The van der Waals surface area contributed by atoms with Crippen LogP contribution in [0.3, 0.4) is 0 Å². The Morgan fingerprint density at radius 3 is 2.67 bits per heavy atom. The van der Waals surface area contributed by atoms with E-state index in [-0.39, 0.29) is 42.6 Å². The minimum absolute atomic E-state index is 0.00952. The van der Waals surface area contributed by atoms with Crippen molar-refractivity contribution in [1.29, 1.82) is 0 Å². The molecule has 4 aromatic rings. The van der Waals surface area contributed by atoms with E-state index in [0.29, 0.717) is 41.2 Å². The Hall–Kier alpha value is -4.49. The van der Waals surface area contributed by atoms with E-state index in [2.05, 4.69) is 15.0 Å². The van der Waals surface area contributed by atoms with Crippen molar-refractivity contribution < 1.29 is 43.5 Å². The van der Waals surface area contributed by atoms with Crippen molar-refractivity contribution in [3.05, 3.63) is 48.2 Å². The number of carboxylic acids is 1. The van der Waals surface area contributed by atoms with Crippen LogP contribution >= 0.6 is 0 Å². The number of nitrogens with one attached hydrogen (secondary N) is 1. The Balaban J connectivity index is 1.24. The number of ether oxygens (including phenoxy) is 3. The fraction of sp³-hybridized carbons (Fsp3) is 0.400. The smallest absolute Gasteiger partial charge is 0.326 e. The van der Waals surface area contributed by atoms with Gasteiger partial charge in [0.15, 0.2) is 23.1 Å². The molecular formula is C30H33FN4O8. The van der Waals surface area contributed by atoms with Gasteiger partial charge in [-0.25, -0.2) is 19.2 Å². The van der Waals surface area contributed by atoms with Crippen LogP contribution in [0.15, 0.2) is 36.7 Å². The maximum Gasteiger partial charge on any atom is 0.326 e. The average Bonchev–Trinajstić information content (AvgIpc) is 3.38. The third-order valence-corrected chi connectivity index (χ3v) is 7.42. The first-order chi connectivity index (χ1) is 20.6. The summed E-state index contributed by atoms with van der Waals surface area (Å²) in [6.45, 7) is 1.92. The van der Waals surface area contributed by atoms with Gasteiger partial charge in [0, 0.05) is 35.6 Å². The van der Waals surface area contributed by atoms with E-state index in [1.165, 1.54) is 24.4 Å². The van der Waals surface area contributed by atoms with Crippen molar-refractivity contribution in [3.8, 4) is 23.1 Å². The van der Waals surface area contributed by atoms with Crippen LogP contribution in [0.4, 0.5) is 4.39 Å². The van der Waals surface area contributed by atoms with Gasteiger partial charge in [0.25, 0.3) is 0 Å². The molecule has 0 spiro atoms. The Morgan fingerprint density at radius 1 is 1.09 bits per heavy atom. The lowest BCUT2D eigenvalue weighted by Gasteiger charge is -2.33. The molecule has 4 N–H and O–H groups in total. The molecule has 43 heavy (non-hydrogen) atoms. The second-order valence-electron chi connectivity index (χ2n) is 10.6. The Kier molecular flexibility index (Phi) is 8.92. The highest BCUT2D eigenvalue weighted by atomic mass is 19.1. The Labute approximate surface area is 246 Å². The number of carbonyl (C=O) groups is 2. The van der Waals surface area contributed by atoms with Crippen molar-refractivity contribution in [2.45, 2.75) is 57.3 Å². The molecular weight excluding hydrogens is 563 g/mol. The summed E-state index contributed by atoms with van der Waals surface area (Å²) in [4.78, 5) is 36.9. The molecule has 3 heterocycles. The molecule has 12 nitrogen and oxygen atoms in total. The Bertz CT molecular complexity index is 1640. The number of aliphatic hydroxyl groups is 2. The molecule has 228 valence electrons. The lowest BCUT2D eigenvalue weighted by atomic mass is 10.0. The number of methoxy groups -OCH3 is 1. The van der Waals surface area contributed by atoms with Gasteiger partial charge in [-0.15, -0.1) is 0 Å². The summed E-state index contributed by atoms with van der Waals surface area (Å²) in [5, 5.41) is 31.2. The molecule has 1 amide bonds. The topological polar surface area (TPSA) is 167 Å². The van der Waals surface area contributed by atoms with Crippen molar-refractivity contribution in [1.82, 2.24) is 19.9 Å². The number of amides is 1. The SMILES string of the molecule is COc1cc2c(Oc3ccc4[nH]c(C)cc4c3F)ncnc2cc1OCC(O)CC(O)CC(=O)N1CCCCC1C(=O)O. The predicted octanol–water partition coefficient (Wildman–Crippen LogP) is 3.71. The van der Waals surface area contributed by atoms with Crippen LogP contribution in [0.2, 0.25) is 0 Å². The highest BCUT2D eigenvalue weighted by Crippen LogP contribution is 2.37. The second kappa shape index (κ2) is 12.8. The molecule has 1 aliphatic heterocycles. The Morgan fingerprint density at radius 2 is 1.91 bits per heavy atom. The fourth-order valence-corrected chi connectivity index (χ4v) is 5.32. The summed E-state index contributed by atoms with van der Waals surface area (Å²) >= 11 is 0. The van der Waals surface area contributed by atoms with Crippen LogP contribution in [0, 0.1) is 12.7 Å². The third-order valence-electron chi connectivity index (χ3n) is 7.42. The summed E-state index contributed by atoms with van der Waals surface area (Å²) in [5.41, 5.74) is 1.87. The van der Waals surface area contributed by atoms with E-state index in [4.69, 9.17) is 14.2 Å². The maximum absolute atomic E-state index is 15.1. The molecule has 1 fully saturated rings. The maximum atomic E-state index is 15.1. The number of nitrogens with zero attached hydrogens (tertiary/aromatic N) is 3. The van der Waals surface area contributed by atoms with Gasteiger partial charge in [-0.1, -0.05) is 0 Å². The molecule has 1 aliphatic rings. The van der Waals surface area contributed by atoms with Gasteiger partial charge in [0.2, 0.25) is 11.8 Å². The van der Waals surface area contributed by atoms with Crippen molar-refractivity contribution >= 4 is 33.7 Å². The molecule has 13 heteroatoms. The second-order valence-corrected chi connectivity index (χ2v) is 10.6. The molecule has 5 rings (SSSR count). The first-order valence-corrected chi connectivity index (χ1v) is 13.9. The lowest BCUT2D eigenvalue weighted by molar-refractivity contribution is -0.153.